The van der Waals surface area contributed by atoms with Crippen molar-refractivity contribution in [3.63, 3.8) is 0 Å². The van der Waals surface area contributed by atoms with E-state index in [1.165, 1.54) is 21.7 Å². The lowest BCUT2D eigenvalue weighted by atomic mass is 10.0. The van der Waals surface area contributed by atoms with Crippen LogP contribution in [0.1, 0.15) is 37.0 Å². The maximum atomic E-state index is 13.5. The summed E-state index contributed by atoms with van der Waals surface area (Å²) in [5.74, 6) is -0.0368. The number of hydrogen-bond donors (Lipinski definition) is 1. The number of amides is 2. The lowest BCUT2D eigenvalue weighted by Crippen LogP contribution is -2.40. The number of carbonyl (C=O) groups excluding carboxylic acids is 2. The number of halogens is 4. The maximum absolute atomic E-state index is 13.5. The first kappa shape index (κ1) is 26.2. The standard InChI is InChI=1S/C25H24ClF3N4O2S/c1-14(2)7-19(30)13-32-23(34)22(36-24(32)35)9-15-3-6-21-17(8-15)11-31-33(21)12-16-4-5-18(26)10-20(16)25(27,28)29/h3-6,8-11,14,19H,7,12-13,30H2,1-2H3. The van der Waals surface area contributed by atoms with Crippen LogP contribution in [0.25, 0.3) is 17.0 Å². The van der Waals surface area contributed by atoms with Crippen molar-refractivity contribution in [2.75, 3.05) is 6.54 Å². The van der Waals surface area contributed by atoms with Gasteiger partial charge >= 0.3 is 6.18 Å². The maximum Gasteiger partial charge on any atom is 0.416 e. The number of imide groups is 1. The second-order valence-corrected chi connectivity index (χ2v) is 10.5. The lowest BCUT2D eigenvalue weighted by molar-refractivity contribution is -0.138. The number of rotatable bonds is 7. The first-order chi connectivity index (χ1) is 16.9. The van der Waals surface area contributed by atoms with Crippen LogP contribution in [-0.2, 0) is 17.5 Å². The number of nitrogens with two attached hydrogens (primary N) is 1. The van der Waals surface area contributed by atoms with Crippen LogP contribution in [0.3, 0.4) is 0 Å². The Labute approximate surface area is 215 Å². The Kier molecular flexibility index (Phi) is 7.49. The molecule has 1 aliphatic heterocycles. The quantitative estimate of drug-likeness (QED) is 0.365. The van der Waals surface area contributed by atoms with E-state index in [2.05, 4.69) is 5.10 Å². The molecule has 36 heavy (non-hydrogen) atoms. The van der Waals surface area contributed by atoms with Crippen molar-refractivity contribution in [2.24, 2.45) is 11.7 Å². The highest BCUT2D eigenvalue weighted by molar-refractivity contribution is 8.18. The van der Waals surface area contributed by atoms with Crippen molar-refractivity contribution >= 4 is 51.5 Å². The number of hydrogen-bond acceptors (Lipinski definition) is 5. The van der Waals surface area contributed by atoms with Gasteiger partial charge in [0.2, 0.25) is 0 Å². The average Bonchev–Trinajstić information content (AvgIpc) is 3.29. The fourth-order valence-corrected chi connectivity index (χ4v) is 5.18. The fourth-order valence-electron chi connectivity index (χ4n) is 4.16. The lowest BCUT2D eigenvalue weighted by Gasteiger charge is -2.19. The van der Waals surface area contributed by atoms with Gasteiger partial charge in [0.25, 0.3) is 11.1 Å². The van der Waals surface area contributed by atoms with Gasteiger partial charge in [-0.05, 0) is 65.6 Å². The predicted octanol–water partition coefficient (Wildman–Crippen LogP) is 6.17. The van der Waals surface area contributed by atoms with Crippen molar-refractivity contribution in [1.29, 1.82) is 0 Å². The molecule has 0 bridgehead atoms. The topological polar surface area (TPSA) is 81.2 Å². The van der Waals surface area contributed by atoms with Crippen LogP contribution in [0.15, 0.2) is 47.5 Å². The third-order valence-corrected chi connectivity index (χ3v) is 6.87. The van der Waals surface area contributed by atoms with Crippen molar-refractivity contribution in [1.82, 2.24) is 14.7 Å². The molecule has 2 amide bonds. The van der Waals surface area contributed by atoms with E-state index in [0.29, 0.717) is 33.7 Å². The largest absolute Gasteiger partial charge is 0.416 e. The summed E-state index contributed by atoms with van der Waals surface area (Å²) < 4.78 is 41.9. The van der Waals surface area contributed by atoms with E-state index in [-0.39, 0.29) is 40.9 Å². The molecule has 0 spiro atoms. The van der Waals surface area contributed by atoms with Crippen molar-refractivity contribution in [3.8, 4) is 0 Å². The third-order valence-electron chi connectivity index (χ3n) is 5.73. The predicted molar refractivity (Wildman–Crippen MR) is 135 cm³/mol. The van der Waals surface area contributed by atoms with Crippen LogP contribution in [0.2, 0.25) is 5.02 Å². The van der Waals surface area contributed by atoms with Gasteiger partial charge in [-0.1, -0.05) is 37.6 Å². The van der Waals surface area contributed by atoms with Gasteiger partial charge in [-0.3, -0.25) is 19.2 Å². The summed E-state index contributed by atoms with van der Waals surface area (Å²) in [7, 11) is 0. The molecular formula is C25H24ClF3N4O2S. The van der Waals surface area contributed by atoms with Gasteiger partial charge < -0.3 is 5.73 Å². The monoisotopic (exact) mass is 536 g/mol. The number of carbonyl (C=O) groups is 2. The molecule has 1 fully saturated rings. The normalized spacial score (nSPS) is 16.7. The van der Waals surface area contributed by atoms with E-state index < -0.39 is 11.7 Å². The Morgan fingerprint density at radius 1 is 1.17 bits per heavy atom. The Bertz CT molecular complexity index is 1350. The molecule has 2 N–H and O–H groups in total. The molecule has 0 radical (unpaired) electrons. The Balaban J connectivity index is 1.55. The van der Waals surface area contributed by atoms with Crippen LogP contribution in [0.4, 0.5) is 18.0 Å². The van der Waals surface area contributed by atoms with Crippen molar-refractivity contribution in [3.05, 3.63) is 69.2 Å². The summed E-state index contributed by atoms with van der Waals surface area (Å²) in [6.45, 7) is 4.12. The van der Waals surface area contributed by atoms with Crippen LogP contribution >= 0.6 is 23.4 Å². The van der Waals surface area contributed by atoms with Gasteiger partial charge in [0.15, 0.2) is 0 Å². The molecule has 4 rings (SSSR count). The highest BCUT2D eigenvalue weighted by atomic mass is 35.5. The summed E-state index contributed by atoms with van der Waals surface area (Å²) >= 11 is 6.64. The zero-order valence-corrected chi connectivity index (χ0v) is 21.1. The van der Waals surface area contributed by atoms with Crippen molar-refractivity contribution < 1.29 is 22.8 Å². The summed E-state index contributed by atoms with van der Waals surface area (Å²) in [6, 6.07) is 8.59. The van der Waals surface area contributed by atoms with Crippen LogP contribution < -0.4 is 5.73 Å². The highest BCUT2D eigenvalue weighted by Gasteiger charge is 2.36. The summed E-state index contributed by atoms with van der Waals surface area (Å²) in [5, 5.41) is 4.58. The van der Waals surface area contributed by atoms with E-state index in [9.17, 15) is 22.8 Å². The Morgan fingerprint density at radius 2 is 1.92 bits per heavy atom. The first-order valence-electron chi connectivity index (χ1n) is 11.2. The number of nitrogens with zero attached hydrogens (tertiary/aromatic N) is 3. The minimum Gasteiger partial charge on any atom is -0.326 e. The van der Waals surface area contributed by atoms with Gasteiger partial charge in [0.1, 0.15) is 0 Å². The molecule has 1 saturated heterocycles. The molecule has 1 aliphatic rings. The molecule has 2 aromatic carbocycles. The zero-order chi connectivity index (χ0) is 26.2. The second kappa shape index (κ2) is 10.3. The molecule has 6 nitrogen and oxygen atoms in total. The van der Waals surface area contributed by atoms with Crippen LogP contribution in [-0.4, -0.2) is 38.4 Å². The second-order valence-electron chi connectivity index (χ2n) is 9.10. The van der Waals surface area contributed by atoms with E-state index in [1.807, 2.05) is 13.8 Å². The van der Waals surface area contributed by atoms with Gasteiger partial charge in [-0.2, -0.15) is 18.3 Å². The van der Waals surface area contributed by atoms with Gasteiger partial charge in [0.05, 0.1) is 28.7 Å². The molecule has 0 aliphatic carbocycles. The molecule has 190 valence electrons. The average molecular weight is 537 g/mol. The van der Waals surface area contributed by atoms with Gasteiger partial charge in [-0.25, -0.2) is 0 Å². The number of thioether (sulfide) groups is 1. The van der Waals surface area contributed by atoms with E-state index in [0.717, 1.165) is 17.8 Å². The van der Waals surface area contributed by atoms with E-state index in [1.54, 1.807) is 30.5 Å². The molecule has 1 unspecified atom stereocenters. The van der Waals surface area contributed by atoms with Crippen LogP contribution in [0.5, 0.6) is 0 Å². The molecule has 2 heterocycles. The number of aromatic nitrogens is 2. The van der Waals surface area contributed by atoms with E-state index in [4.69, 9.17) is 17.3 Å². The number of benzene rings is 2. The molecular weight excluding hydrogens is 513 g/mol. The zero-order valence-electron chi connectivity index (χ0n) is 19.6. The summed E-state index contributed by atoms with van der Waals surface area (Å²) in [4.78, 5) is 26.6. The Morgan fingerprint density at radius 3 is 2.61 bits per heavy atom. The molecule has 3 aromatic rings. The molecule has 1 atom stereocenters. The molecule has 1 aromatic heterocycles. The number of fused-ring (bicyclic) bond motifs is 1. The van der Waals surface area contributed by atoms with Gasteiger partial charge in [-0.15, -0.1) is 0 Å². The van der Waals surface area contributed by atoms with Crippen molar-refractivity contribution in [2.45, 2.75) is 39.0 Å². The smallest absolute Gasteiger partial charge is 0.326 e. The SMILES string of the molecule is CC(C)CC(N)CN1C(=O)SC(=Cc2ccc3c(cnn3Cc3ccc(Cl)cc3C(F)(F)F)c2)C1=O. The number of alkyl halides is 3. The third kappa shape index (κ3) is 5.77. The van der Waals surface area contributed by atoms with E-state index >= 15 is 0 Å². The van der Waals surface area contributed by atoms with Crippen LogP contribution in [0, 0.1) is 5.92 Å². The summed E-state index contributed by atoms with van der Waals surface area (Å²) in [6.07, 6.45) is -0.677. The summed E-state index contributed by atoms with van der Waals surface area (Å²) in [5.41, 5.74) is 6.62. The minimum absolute atomic E-state index is 0.00681. The van der Waals surface area contributed by atoms with Gasteiger partial charge in [0, 0.05) is 23.0 Å². The molecule has 11 heteroatoms. The fraction of sp³-hybridized carbons (Fsp3) is 0.320. The highest BCUT2D eigenvalue weighted by Crippen LogP contribution is 2.35. The Hall–Kier alpha value is -2.82. The molecule has 0 saturated carbocycles. The minimum atomic E-state index is -4.54. The first-order valence-corrected chi connectivity index (χ1v) is 12.4.